The van der Waals surface area contributed by atoms with Crippen molar-refractivity contribution in [2.45, 2.75) is 38.5 Å². The fourth-order valence-corrected chi connectivity index (χ4v) is 6.15. The second-order valence-corrected chi connectivity index (χ2v) is 10.6. The number of likely N-dealkylation sites (tertiary alicyclic amines) is 1. The lowest BCUT2D eigenvalue weighted by molar-refractivity contribution is -0.435. The van der Waals surface area contributed by atoms with Crippen LogP contribution in [-0.4, -0.2) is 59.0 Å². The van der Waals surface area contributed by atoms with Crippen LogP contribution in [0.15, 0.2) is 84.6 Å². The Morgan fingerprint density at radius 3 is 2.44 bits per heavy atom. The Bertz CT molecular complexity index is 1540. The van der Waals surface area contributed by atoms with Gasteiger partial charge in [0.1, 0.15) is 13.0 Å². The van der Waals surface area contributed by atoms with Gasteiger partial charge in [0.2, 0.25) is 5.69 Å². The Balaban J connectivity index is 1.53. The van der Waals surface area contributed by atoms with Crippen LogP contribution < -0.4 is 0 Å². The van der Waals surface area contributed by atoms with Crippen LogP contribution in [-0.2, 0) is 19.7 Å². The van der Waals surface area contributed by atoms with E-state index in [2.05, 4.69) is 84.0 Å². The molecule has 2 heterocycles. The molecule has 0 unspecified atom stereocenters. The Morgan fingerprint density at radius 2 is 1.72 bits per heavy atom. The standard InChI is InChI=1S/C33H34N2O4/c1-33(2)29(17-5-3-4-11-24-12-10-19-34(24)21-22-39-23-36)35(20-18-30(37)38)32-28-16-9-7-14-26(28)25-13-6-8-15-27(25)31(32)33/h3-9,11,13-17,23H,10,12,18-22H2,1-2H3/p+1. The largest absolute Gasteiger partial charge is 0.481 e. The molecular formula is C33H35N2O4+. The highest BCUT2D eigenvalue weighted by atomic mass is 16.5. The van der Waals surface area contributed by atoms with Gasteiger partial charge in [0.15, 0.2) is 12.3 Å². The first-order valence-corrected chi connectivity index (χ1v) is 13.6. The van der Waals surface area contributed by atoms with Crippen LogP contribution >= 0.6 is 0 Å². The summed E-state index contributed by atoms with van der Waals surface area (Å²) in [6, 6.07) is 16.9. The highest BCUT2D eigenvalue weighted by Gasteiger charge is 2.46. The maximum Gasteiger partial charge on any atom is 0.309 e. The minimum atomic E-state index is -0.805. The van der Waals surface area contributed by atoms with E-state index < -0.39 is 5.97 Å². The van der Waals surface area contributed by atoms with E-state index in [1.807, 2.05) is 18.2 Å². The molecule has 2 aliphatic heterocycles. The molecule has 0 aromatic heterocycles. The van der Waals surface area contributed by atoms with Crippen molar-refractivity contribution in [3.8, 4) is 0 Å². The van der Waals surface area contributed by atoms with Crippen molar-refractivity contribution in [1.82, 2.24) is 4.90 Å². The number of nitrogens with zero attached hydrogens (tertiary/aromatic N) is 2. The van der Waals surface area contributed by atoms with Crippen molar-refractivity contribution < 1.29 is 24.0 Å². The van der Waals surface area contributed by atoms with Gasteiger partial charge in [0.25, 0.3) is 6.47 Å². The number of hydrogen-bond donors (Lipinski definition) is 1. The highest BCUT2D eigenvalue weighted by molar-refractivity contribution is 6.18. The van der Waals surface area contributed by atoms with E-state index >= 15 is 0 Å². The monoisotopic (exact) mass is 523 g/mol. The van der Waals surface area contributed by atoms with Crippen molar-refractivity contribution in [2.75, 3.05) is 26.2 Å². The first kappa shape index (κ1) is 26.4. The number of hydrogen-bond acceptors (Lipinski definition) is 4. The molecule has 2 aliphatic rings. The van der Waals surface area contributed by atoms with Gasteiger partial charge in [-0.1, -0.05) is 60.7 Å². The van der Waals surface area contributed by atoms with Gasteiger partial charge in [-0.05, 0) is 55.0 Å². The smallest absolute Gasteiger partial charge is 0.309 e. The van der Waals surface area contributed by atoms with Crippen LogP contribution in [0, 0.1) is 0 Å². The van der Waals surface area contributed by atoms with Crippen molar-refractivity contribution in [3.05, 3.63) is 90.2 Å². The van der Waals surface area contributed by atoms with Gasteiger partial charge in [0, 0.05) is 23.9 Å². The van der Waals surface area contributed by atoms with Crippen molar-refractivity contribution >= 4 is 45.4 Å². The third kappa shape index (κ3) is 5.11. The average Bonchev–Trinajstić information content (AvgIpc) is 3.47. The summed E-state index contributed by atoms with van der Waals surface area (Å²) in [6.07, 6.45) is 12.5. The molecule has 1 N–H and O–H groups in total. The van der Waals surface area contributed by atoms with Crippen LogP contribution in [0.3, 0.4) is 0 Å². The molecule has 0 saturated carbocycles. The predicted molar refractivity (Wildman–Crippen MR) is 156 cm³/mol. The topological polar surface area (TPSA) is 69.8 Å². The molecule has 0 radical (unpaired) electrons. The molecule has 5 rings (SSSR count). The molecule has 3 aromatic carbocycles. The number of carboxylic acids is 1. The molecule has 39 heavy (non-hydrogen) atoms. The second-order valence-electron chi connectivity index (χ2n) is 10.6. The van der Waals surface area contributed by atoms with E-state index in [0.717, 1.165) is 36.2 Å². The summed E-state index contributed by atoms with van der Waals surface area (Å²) < 4.78 is 7.08. The van der Waals surface area contributed by atoms with Gasteiger partial charge in [-0.25, -0.2) is 0 Å². The van der Waals surface area contributed by atoms with Crippen molar-refractivity contribution in [2.24, 2.45) is 0 Å². The quantitative estimate of drug-likeness (QED) is 0.114. The maximum absolute atomic E-state index is 11.6. The van der Waals surface area contributed by atoms with Gasteiger partial charge >= 0.3 is 5.97 Å². The molecule has 0 amide bonds. The van der Waals surface area contributed by atoms with E-state index in [-0.39, 0.29) is 11.8 Å². The third-order valence-electron chi connectivity index (χ3n) is 7.86. The van der Waals surface area contributed by atoms with Crippen LogP contribution in [0.5, 0.6) is 0 Å². The van der Waals surface area contributed by atoms with Crippen LogP contribution in [0.4, 0.5) is 5.69 Å². The van der Waals surface area contributed by atoms with E-state index in [1.165, 1.54) is 27.4 Å². The Labute approximate surface area is 229 Å². The van der Waals surface area contributed by atoms with Gasteiger partial charge in [0.05, 0.1) is 17.3 Å². The van der Waals surface area contributed by atoms with Gasteiger partial charge in [-0.3, -0.25) is 9.59 Å². The molecule has 0 atom stereocenters. The fourth-order valence-electron chi connectivity index (χ4n) is 6.15. The molecule has 3 aromatic rings. The van der Waals surface area contributed by atoms with Crippen molar-refractivity contribution in [1.29, 1.82) is 0 Å². The molecular weight excluding hydrogens is 488 g/mol. The van der Waals surface area contributed by atoms with Crippen LogP contribution in [0.1, 0.15) is 38.7 Å². The lowest BCUT2D eigenvalue weighted by atomic mass is 9.78. The van der Waals surface area contributed by atoms with E-state index in [4.69, 9.17) is 4.74 Å². The highest BCUT2D eigenvalue weighted by Crippen LogP contribution is 2.48. The molecule has 0 spiro atoms. The van der Waals surface area contributed by atoms with Gasteiger partial charge < -0.3 is 14.7 Å². The first-order valence-electron chi connectivity index (χ1n) is 13.6. The number of benzene rings is 3. The molecule has 1 saturated heterocycles. The summed E-state index contributed by atoms with van der Waals surface area (Å²) >= 11 is 0. The molecule has 6 nitrogen and oxygen atoms in total. The summed E-state index contributed by atoms with van der Waals surface area (Å²) in [4.78, 5) is 24.4. The number of carbonyl (C=O) groups is 2. The van der Waals surface area contributed by atoms with Crippen molar-refractivity contribution in [3.63, 3.8) is 0 Å². The van der Waals surface area contributed by atoms with Crippen LogP contribution in [0.25, 0.3) is 21.5 Å². The lowest BCUT2D eigenvalue weighted by Crippen LogP contribution is -2.28. The summed E-state index contributed by atoms with van der Waals surface area (Å²) in [5.41, 5.74) is 4.37. The molecule has 0 bridgehead atoms. The summed E-state index contributed by atoms with van der Waals surface area (Å²) in [5, 5.41) is 14.3. The number of rotatable bonds is 10. The minimum Gasteiger partial charge on any atom is -0.481 e. The van der Waals surface area contributed by atoms with Gasteiger partial charge in [-0.2, -0.15) is 4.58 Å². The average molecular weight is 524 g/mol. The van der Waals surface area contributed by atoms with E-state index in [1.54, 1.807) is 0 Å². The minimum absolute atomic E-state index is 0.0552. The Kier molecular flexibility index (Phi) is 7.64. The van der Waals surface area contributed by atoms with Gasteiger partial charge in [-0.15, -0.1) is 0 Å². The molecule has 200 valence electrons. The van der Waals surface area contributed by atoms with E-state index in [9.17, 15) is 14.7 Å². The Morgan fingerprint density at radius 1 is 1.03 bits per heavy atom. The normalized spacial score (nSPS) is 17.8. The summed E-state index contributed by atoms with van der Waals surface area (Å²) in [7, 11) is 0. The maximum atomic E-state index is 11.6. The lowest BCUT2D eigenvalue weighted by Gasteiger charge is -2.18. The number of allylic oxidation sites excluding steroid dienone is 6. The number of aliphatic carboxylic acids is 1. The predicted octanol–water partition coefficient (Wildman–Crippen LogP) is 6.11. The van der Waals surface area contributed by atoms with Crippen LogP contribution in [0.2, 0.25) is 0 Å². The molecule has 6 heteroatoms. The third-order valence-corrected chi connectivity index (χ3v) is 7.86. The number of carbonyl (C=O) groups excluding carboxylic acids is 1. The SMILES string of the molecule is CC1(C)C(/C=C/C=C/C=C2/CCCN2CCOC=O)=[N+](CCC(=O)O)c2c1c1ccccc1c1ccccc21. The first-order chi connectivity index (χ1) is 18.9. The summed E-state index contributed by atoms with van der Waals surface area (Å²) in [6.45, 7) is 7.44. The molecule has 1 fully saturated rings. The molecule has 0 aliphatic carbocycles. The number of fused-ring (bicyclic) bond motifs is 6. The van der Waals surface area contributed by atoms with E-state index in [0.29, 0.717) is 26.2 Å². The zero-order valence-corrected chi connectivity index (χ0v) is 22.6. The second kappa shape index (κ2) is 11.3. The Hall–Kier alpha value is -4.19. The zero-order chi connectivity index (χ0) is 27.4. The summed E-state index contributed by atoms with van der Waals surface area (Å²) in [5.74, 6) is -0.805. The number of ether oxygens (including phenoxy) is 1. The fraction of sp³-hybridized carbons (Fsp3) is 0.303. The zero-order valence-electron chi connectivity index (χ0n) is 22.6. The number of carboxylic acid groups (broad SMARTS) is 1.